The summed E-state index contributed by atoms with van der Waals surface area (Å²) in [5.74, 6) is -0.129. The van der Waals surface area contributed by atoms with E-state index in [9.17, 15) is 22.0 Å². The summed E-state index contributed by atoms with van der Waals surface area (Å²) >= 11 is 4.93. The Balaban J connectivity index is 2.32. The van der Waals surface area contributed by atoms with Crippen molar-refractivity contribution >= 4 is 23.3 Å². The first kappa shape index (κ1) is 18.1. The third kappa shape index (κ3) is 3.48. The third-order valence-electron chi connectivity index (χ3n) is 3.33. The lowest BCUT2D eigenvalue weighted by molar-refractivity contribution is -0.137. The van der Waals surface area contributed by atoms with Gasteiger partial charge in [-0.2, -0.15) is 18.4 Å². The van der Waals surface area contributed by atoms with Gasteiger partial charge in [0.2, 0.25) is 5.60 Å². The Kier molecular flexibility index (Phi) is 5.08. The minimum atomic E-state index is -4.55. The number of hydrogen-bond donors (Lipinski definition) is 1. The fourth-order valence-electron chi connectivity index (χ4n) is 2.09. The molecule has 0 fully saturated rings. The Morgan fingerprint density at radius 1 is 1.38 bits per heavy atom. The summed E-state index contributed by atoms with van der Waals surface area (Å²) in [5, 5.41) is 11.0. The summed E-state index contributed by atoms with van der Waals surface area (Å²) in [6.45, 7) is 0.0564. The summed E-state index contributed by atoms with van der Waals surface area (Å²) in [6.07, 6.45) is -5.49. The van der Waals surface area contributed by atoms with E-state index in [1.165, 1.54) is 0 Å². The van der Waals surface area contributed by atoms with Gasteiger partial charge in [0.25, 0.3) is 6.43 Å². The summed E-state index contributed by atoms with van der Waals surface area (Å²) in [7, 11) is 0. The fraction of sp³-hybridized carbons (Fsp3) is 0.333. The average Bonchev–Trinajstić information content (AvgIpc) is 2.52. The molecule has 1 N–H and O–H groups in total. The van der Waals surface area contributed by atoms with Crippen LogP contribution in [0.25, 0.3) is 6.08 Å². The molecule has 0 amide bonds. The van der Waals surface area contributed by atoms with Crippen LogP contribution in [0.3, 0.4) is 0 Å². The van der Waals surface area contributed by atoms with Crippen LogP contribution in [0.2, 0.25) is 0 Å². The number of hydrogen-bond acceptors (Lipinski definition) is 3. The molecule has 1 unspecified atom stereocenters. The lowest BCUT2D eigenvalue weighted by atomic mass is 9.97. The van der Waals surface area contributed by atoms with Gasteiger partial charge in [-0.25, -0.2) is 8.78 Å². The second-order valence-electron chi connectivity index (χ2n) is 4.94. The highest BCUT2D eigenvalue weighted by Gasteiger charge is 2.47. The van der Waals surface area contributed by atoms with Crippen molar-refractivity contribution in [2.75, 3.05) is 6.54 Å². The van der Waals surface area contributed by atoms with Crippen molar-refractivity contribution in [2.24, 2.45) is 0 Å². The Morgan fingerprint density at radius 3 is 2.67 bits per heavy atom. The van der Waals surface area contributed by atoms with Gasteiger partial charge < -0.3 is 10.1 Å². The topological polar surface area (TPSA) is 45.0 Å². The van der Waals surface area contributed by atoms with Crippen molar-refractivity contribution in [1.82, 2.24) is 5.32 Å². The maximum Gasteiger partial charge on any atom is 0.416 e. The Labute approximate surface area is 139 Å². The maximum atomic E-state index is 13.5. The smallest absolute Gasteiger partial charge is 0.416 e. The van der Waals surface area contributed by atoms with E-state index in [1.54, 1.807) is 0 Å². The number of rotatable bonds is 4. The second kappa shape index (κ2) is 6.73. The molecule has 1 aliphatic heterocycles. The molecule has 0 bridgehead atoms. The minimum Gasteiger partial charge on any atom is -0.469 e. The molecule has 1 heterocycles. The van der Waals surface area contributed by atoms with Crippen molar-refractivity contribution in [1.29, 1.82) is 5.26 Å². The molecular weight excluding hydrogens is 351 g/mol. The largest absolute Gasteiger partial charge is 0.469 e. The van der Waals surface area contributed by atoms with E-state index >= 15 is 0 Å². The van der Waals surface area contributed by atoms with Gasteiger partial charge in [0.1, 0.15) is 10.7 Å². The average molecular weight is 362 g/mol. The highest BCUT2D eigenvalue weighted by atomic mass is 32.1. The zero-order valence-electron chi connectivity index (χ0n) is 12.0. The van der Waals surface area contributed by atoms with Crippen LogP contribution in [0.4, 0.5) is 22.0 Å². The van der Waals surface area contributed by atoms with E-state index in [0.717, 1.165) is 30.4 Å². The van der Waals surface area contributed by atoms with Crippen LogP contribution in [0.5, 0.6) is 5.75 Å². The van der Waals surface area contributed by atoms with Gasteiger partial charge in [0.05, 0.1) is 18.1 Å². The Morgan fingerprint density at radius 2 is 2.08 bits per heavy atom. The molecule has 2 rings (SSSR count). The number of ether oxygens (including phenoxy) is 1. The lowest BCUT2D eigenvalue weighted by Crippen LogP contribution is -2.55. The molecule has 0 radical (unpaired) electrons. The predicted octanol–water partition coefficient (Wildman–Crippen LogP) is 3.95. The number of halogens is 5. The van der Waals surface area contributed by atoms with Gasteiger partial charge >= 0.3 is 6.18 Å². The zero-order chi connectivity index (χ0) is 18.0. The number of benzene rings is 1. The fourth-order valence-corrected chi connectivity index (χ4v) is 2.39. The SMILES string of the molecule is N#CCCNC(=S)C1(C(F)F)C=Cc2cc(C(F)(F)F)ccc2O1. The van der Waals surface area contributed by atoms with Crippen molar-refractivity contribution < 1.29 is 26.7 Å². The van der Waals surface area contributed by atoms with E-state index < -0.39 is 23.8 Å². The van der Waals surface area contributed by atoms with E-state index in [2.05, 4.69) is 5.32 Å². The molecule has 0 saturated carbocycles. The molecule has 1 atom stereocenters. The van der Waals surface area contributed by atoms with Crippen LogP contribution in [0.1, 0.15) is 17.5 Å². The lowest BCUT2D eigenvalue weighted by Gasteiger charge is -2.35. The van der Waals surface area contributed by atoms with Gasteiger partial charge in [0.15, 0.2) is 0 Å². The first-order valence-electron chi connectivity index (χ1n) is 6.73. The molecule has 1 aliphatic rings. The maximum absolute atomic E-state index is 13.5. The van der Waals surface area contributed by atoms with Crippen LogP contribution >= 0.6 is 12.2 Å². The van der Waals surface area contributed by atoms with Gasteiger partial charge in [-0.15, -0.1) is 0 Å². The summed E-state index contributed by atoms with van der Waals surface area (Å²) in [5.41, 5.74) is -3.16. The Bertz CT molecular complexity index is 711. The quantitative estimate of drug-likeness (QED) is 0.501. The number of nitrogens with one attached hydrogen (secondary N) is 1. The normalized spacial score (nSPS) is 19.4. The number of nitrogens with zero attached hydrogens (tertiary/aromatic N) is 1. The summed E-state index contributed by atoms with van der Waals surface area (Å²) in [4.78, 5) is -0.338. The second-order valence-corrected chi connectivity index (χ2v) is 5.35. The van der Waals surface area contributed by atoms with Crippen LogP contribution in [0, 0.1) is 11.3 Å². The molecule has 3 nitrogen and oxygen atoms in total. The minimum absolute atomic E-state index is 0.0286. The number of alkyl halides is 5. The van der Waals surface area contributed by atoms with Crippen LogP contribution in [-0.4, -0.2) is 23.6 Å². The van der Waals surface area contributed by atoms with Gasteiger partial charge in [0, 0.05) is 12.1 Å². The summed E-state index contributed by atoms with van der Waals surface area (Å²) < 4.78 is 70.4. The van der Waals surface area contributed by atoms with Crippen molar-refractivity contribution in [3.63, 3.8) is 0 Å². The highest BCUT2D eigenvalue weighted by molar-refractivity contribution is 7.80. The molecule has 1 aromatic rings. The first-order chi connectivity index (χ1) is 11.2. The monoisotopic (exact) mass is 362 g/mol. The van der Waals surface area contributed by atoms with Crippen molar-refractivity contribution in [2.45, 2.75) is 24.6 Å². The Hall–Kier alpha value is -2.21. The third-order valence-corrected chi connectivity index (χ3v) is 3.79. The molecule has 0 aromatic heterocycles. The molecule has 0 saturated heterocycles. The van der Waals surface area contributed by atoms with Gasteiger partial charge in [-0.05, 0) is 24.3 Å². The summed E-state index contributed by atoms with van der Waals surface area (Å²) in [6, 6.07) is 4.37. The molecule has 0 spiro atoms. The van der Waals surface area contributed by atoms with Gasteiger partial charge in [-0.3, -0.25) is 0 Å². The van der Waals surface area contributed by atoms with Gasteiger partial charge in [-0.1, -0.05) is 18.3 Å². The van der Waals surface area contributed by atoms with E-state index in [4.69, 9.17) is 22.2 Å². The molecule has 0 aliphatic carbocycles. The number of fused-ring (bicyclic) bond motifs is 1. The van der Waals surface area contributed by atoms with Crippen molar-refractivity contribution in [3.8, 4) is 11.8 Å². The van der Waals surface area contributed by atoms with Crippen LogP contribution < -0.4 is 10.1 Å². The number of nitriles is 1. The standard InChI is InChI=1S/C15H11F5N2OS/c16-12(17)14(13(24)22-7-1-6-21)5-4-9-8-10(15(18,19)20)2-3-11(9)23-14/h2-5,8,12H,1,7H2,(H,22,24). The number of thiocarbonyl (C=S) groups is 1. The predicted molar refractivity (Wildman–Crippen MR) is 80.7 cm³/mol. The molecule has 9 heteroatoms. The molecule has 128 valence electrons. The highest BCUT2D eigenvalue weighted by Crippen LogP contribution is 2.38. The van der Waals surface area contributed by atoms with Crippen LogP contribution in [-0.2, 0) is 6.18 Å². The molecule has 1 aromatic carbocycles. The van der Waals surface area contributed by atoms with E-state index in [-0.39, 0.29) is 29.3 Å². The van der Waals surface area contributed by atoms with Crippen LogP contribution in [0.15, 0.2) is 24.3 Å². The zero-order valence-corrected chi connectivity index (χ0v) is 12.8. The van der Waals surface area contributed by atoms with Crippen molar-refractivity contribution in [3.05, 3.63) is 35.4 Å². The van der Waals surface area contributed by atoms with E-state index in [0.29, 0.717) is 0 Å². The first-order valence-corrected chi connectivity index (χ1v) is 7.14. The molecule has 24 heavy (non-hydrogen) atoms. The molecular formula is C15H11F5N2OS. The van der Waals surface area contributed by atoms with E-state index in [1.807, 2.05) is 6.07 Å².